The molecule has 0 saturated heterocycles. The molecule has 86 valence electrons. The first kappa shape index (κ1) is 12.1. The van der Waals surface area contributed by atoms with Crippen molar-refractivity contribution in [2.24, 2.45) is 0 Å². The fourth-order valence-corrected chi connectivity index (χ4v) is 2.21. The molecule has 0 aliphatic rings. The first-order chi connectivity index (χ1) is 8.09. The normalized spacial score (nSPS) is 10.3. The predicted octanol–water partition coefficient (Wildman–Crippen LogP) is 4.30. The summed E-state index contributed by atoms with van der Waals surface area (Å²) in [4.78, 5) is 12.4. The molecule has 0 heterocycles. The first-order valence-corrected chi connectivity index (χ1v) is 6.25. The van der Waals surface area contributed by atoms with Crippen LogP contribution < -0.4 is 0 Å². The summed E-state index contributed by atoms with van der Waals surface area (Å²) in [5.41, 5.74) is 3.58. The van der Waals surface area contributed by atoms with Crippen LogP contribution in [0.15, 0.2) is 46.9 Å². The molecule has 2 aromatic carbocycles. The average Bonchev–Trinajstić information content (AvgIpc) is 2.32. The zero-order valence-corrected chi connectivity index (χ0v) is 11.4. The van der Waals surface area contributed by atoms with Crippen LogP contribution in [0.25, 0.3) is 0 Å². The Morgan fingerprint density at radius 3 is 2.41 bits per heavy atom. The third kappa shape index (κ3) is 2.47. The van der Waals surface area contributed by atoms with Crippen LogP contribution in [0.5, 0.6) is 0 Å². The molecular weight excluding hydrogens is 276 g/mol. The van der Waals surface area contributed by atoms with Crippen LogP contribution in [0.1, 0.15) is 27.0 Å². The van der Waals surface area contributed by atoms with Crippen LogP contribution in [0.4, 0.5) is 0 Å². The molecule has 0 unspecified atom stereocenters. The van der Waals surface area contributed by atoms with Crippen molar-refractivity contribution in [1.82, 2.24) is 0 Å². The highest BCUT2D eigenvalue weighted by Gasteiger charge is 2.14. The molecule has 0 fully saturated rings. The monoisotopic (exact) mass is 288 g/mol. The van der Waals surface area contributed by atoms with Crippen molar-refractivity contribution in [2.75, 3.05) is 0 Å². The Kier molecular flexibility index (Phi) is 3.43. The molecule has 0 atom stereocenters. The van der Waals surface area contributed by atoms with E-state index in [1.807, 2.05) is 56.3 Å². The minimum Gasteiger partial charge on any atom is -0.289 e. The summed E-state index contributed by atoms with van der Waals surface area (Å²) in [7, 11) is 0. The first-order valence-electron chi connectivity index (χ1n) is 5.46. The second-order valence-corrected chi connectivity index (χ2v) is 4.98. The van der Waals surface area contributed by atoms with Crippen LogP contribution in [0.2, 0.25) is 0 Å². The SMILES string of the molecule is Cc1ccc(Br)c(C(=O)c2ccccc2C)c1. The Morgan fingerprint density at radius 1 is 1.00 bits per heavy atom. The quantitative estimate of drug-likeness (QED) is 0.753. The number of hydrogen-bond donors (Lipinski definition) is 0. The van der Waals surface area contributed by atoms with Gasteiger partial charge in [-0.05, 0) is 31.5 Å². The molecule has 2 rings (SSSR count). The predicted molar refractivity (Wildman–Crippen MR) is 73.5 cm³/mol. The Hall–Kier alpha value is -1.41. The minimum atomic E-state index is 0.0682. The van der Waals surface area contributed by atoms with Crippen LogP contribution in [-0.4, -0.2) is 5.78 Å². The summed E-state index contributed by atoms with van der Waals surface area (Å²) in [6, 6.07) is 13.5. The fourth-order valence-electron chi connectivity index (χ4n) is 1.79. The maximum atomic E-state index is 12.4. The number of ketones is 1. The number of aryl methyl sites for hydroxylation is 2. The number of halogens is 1. The summed E-state index contributed by atoms with van der Waals surface area (Å²) in [6.07, 6.45) is 0. The summed E-state index contributed by atoms with van der Waals surface area (Å²) in [5.74, 6) is 0.0682. The lowest BCUT2D eigenvalue weighted by molar-refractivity contribution is 0.103. The molecule has 0 saturated carbocycles. The second-order valence-electron chi connectivity index (χ2n) is 4.13. The van der Waals surface area contributed by atoms with E-state index in [0.29, 0.717) is 0 Å². The summed E-state index contributed by atoms with van der Waals surface area (Å²) in [6.45, 7) is 3.94. The third-order valence-electron chi connectivity index (χ3n) is 2.76. The van der Waals surface area contributed by atoms with Gasteiger partial charge in [0, 0.05) is 15.6 Å². The largest absolute Gasteiger partial charge is 0.289 e. The number of carbonyl (C=O) groups excluding carboxylic acids is 1. The molecule has 0 aliphatic heterocycles. The molecule has 1 nitrogen and oxygen atoms in total. The van der Waals surface area contributed by atoms with Gasteiger partial charge in [0.2, 0.25) is 0 Å². The van der Waals surface area contributed by atoms with Crippen molar-refractivity contribution in [3.63, 3.8) is 0 Å². The van der Waals surface area contributed by atoms with Crippen molar-refractivity contribution < 1.29 is 4.79 Å². The van der Waals surface area contributed by atoms with Gasteiger partial charge in [-0.1, -0.05) is 51.8 Å². The van der Waals surface area contributed by atoms with E-state index in [9.17, 15) is 4.79 Å². The molecule has 0 bridgehead atoms. The minimum absolute atomic E-state index is 0.0682. The Morgan fingerprint density at radius 2 is 1.71 bits per heavy atom. The molecule has 0 spiro atoms. The molecule has 0 aromatic heterocycles. The lowest BCUT2D eigenvalue weighted by atomic mass is 9.98. The van der Waals surface area contributed by atoms with Gasteiger partial charge in [0.25, 0.3) is 0 Å². The molecule has 0 N–H and O–H groups in total. The highest BCUT2D eigenvalue weighted by molar-refractivity contribution is 9.10. The molecule has 0 radical (unpaired) electrons. The number of rotatable bonds is 2. The Labute approximate surface area is 110 Å². The van der Waals surface area contributed by atoms with Gasteiger partial charge in [0.15, 0.2) is 5.78 Å². The van der Waals surface area contributed by atoms with E-state index < -0.39 is 0 Å². The van der Waals surface area contributed by atoms with E-state index in [0.717, 1.165) is 26.7 Å². The maximum Gasteiger partial charge on any atom is 0.194 e. The van der Waals surface area contributed by atoms with E-state index in [1.165, 1.54) is 0 Å². The van der Waals surface area contributed by atoms with E-state index in [2.05, 4.69) is 15.9 Å². The molecule has 17 heavy (non-hydrogen) atoms. The highest BCUT2D eigenvalue weighted by atomic mass is 79.9. The molecule has 2 heteroatoms. The van der Waals surface area contributed by atoms with Crippen molar-refractivity contribution in [3.05, 3.63) is 69.2 Å². The van der Waals surface area contributed by atoms with Crippen LogP contribution >= 0.6 is 15.9 Å². The summed E-state index contributed by atoms with van der Waals surface area (Å²) < 4.78 is 0.844. The Balaban J connectivity index is 2.51. The third-order valence-corrected chi connectivity index (χ3v) is 3.45. The van der Waals surface area contributed by atoms with Gasteiger partial charge in [0.05, 0.1) is 0 Å². The number of benzene rings is 2. The van der Waals surface area contributed by atoms with Crippen molar-refractivity contribution >= 4 is 21.7 Å². The van der Waals surface area contributed by atoms with Crippen LogP contribution in [0.3, 0.4) is 0 Å². The average molecular weight is 289 g/mol. The number of hydrogen-bond acceptors (Lipinski definition) is 1. The van der Waals surface area contributed by atoms with Gasteiger partial charge in [-0.15, -0.1) is 0 Å². The van der Waals surface area contributed by atoms with E-state index in [1.54, 1.807) is 0 Å². The van der Waals surface area contributed by atoms with Gasteiger partial charge >= 0.3 is 0 Å². The highest BCUT2D eigenvalue weighted by Crippen LogP contribution is 2.22. The van der Waals surface area contributed by atoms with Gasteiger partial charge in [-0.3, -0.25) is 4.79 Å². The van der Waals surface area contributed by atoms with Gasteiger partial charge < -0.3 is 0 Å². The number of carbonyl (C=O) groups is 1. The standard InChI is InChI=1S/C15H13BrO/c1-10-7-8-14(16)13(9-10)15(17)12-6-4-3-5-11(12)2/h3-9H,1-2H3. The molecule has 0 amide bonds. The van der Waals surface area contributed by atoms with Crippen molar-refractivity contribution in [2.45, 2.75) is 13.8 Å². The molecule has 0 aliphatic carbocycles. The summed E-state index contributed by atoms with van der Waals surface area (Å²) in [5, 5.41) is 0. The van der Waals surface area contributed by atoms with E-state index in [4.69, 9.17) is 0 Å². The zero-order chi connectivity index (χ0) is 12.4. The van der Waals surface area contributed by atoms with Crippen molar-refractivity contribution in [1.29, 1.82) is 0 Å². The smallest absolute Gasteiger partial charge is 0.194 e. The van der Waals surface area contributed by atoms with Gasteiger partial charge in [-0.2, -0.15) is 0 Å². The van der Waals surface area contributed by atoms with Crippen LogP contribution in [0, 0.1) is 13.8 Å². The molecule has 2 aromatic rings. The lowest BCUT2D eigenvalue weighted by Crippen LogP contribution is -2.04. The van der Waals surface area contributed by atoms with Gasteiger partial charge in [0.1, 0.15) is 0 Å². The maximum absolute atomic E-state index is 12.4. The summed E-state index contributed by atoms with van der Waals surface area (Å²) >= 11 is 3.43. The lowest BCUT2D eigenvalue weighted by Gasteiger charge is -2.07. The fraction of sp³-hybridized carbons (Fsp3) is 0.133. The topological polar surface area (TPSA) is 17.1 Å². The zero-order valence-electron chi connectivity index (χ0n) is 9.83. The Bertz CT molecular complexity index is 573. The van der Waals surface area contributed by atoms with Gasteiger partial charge in [-0.25, -0.2) is 0 Å². The second kappa shape index (κ2) is 4.84. The van der Waals surface area contributed by atoms with E-state index >= 15 is 0 Å². The van der Waals surface area contributed by atoms with Crippen LogP contribution in [-0.2, 0) is 0 Å². The van der Waals surface area contributed by atoms with Crippen molar-refractivity contribution in [3.8, 4) is 0 Å². The van der Waals surface area contributed by atoms with E-state index in [-0.39, 0.29) is 5.78 Å². The molecular formula is C15H13BrO.